The van der Waals surface area contributed by atoms with Crippen molar-refractivity contribution < 1.29 is 18.3 Å². The SMILES string of the molecule is CCc1ccc([C@@H]2[C@H](S(C)(=O)=O)[C@@]2(CN)C(=O)O)cc1. The van der Waals surface area contributed by atoms with Crippen LogP contribution in [0.5, 0.6) is 0 Å². The molecule has 6 heteroatoms. The molecule has 2 rings (SSSR count). The summed E-state index contributed by atoms with van der Waals surface area (Å²) in [6.07, 6.45) is 1.95. The standard InChI is InChI=1S/C14H19NO4S/c1-3-9-4-6-10(7-5-9)11-12(20(2,18)19)14(11,8-15)13(16)17/h4-7,11-12H,3,8,15H2,1-2H3,(H,16,17)/t11-,12+,14+/m1/s1. The van der Waals surface area contributed by atoms with Gasteiger partial charge in [-0.1, -0.05) is 31.2 Å². The predicted octanol–water partition coefficient (Wildman–Crippen LogP) is 0.789. The molecule has 0 heterocycles. The second kappa shape index (κ2) is 4.86. The Morgan fingerprint density at radius 3 is 2.20 bits per heavy atom. The number of carbonyl (C=O) groups is 1. The second-order valence-electron chi connectivity index (χ2n) is 5.37. The van der Waals surface area contributed by atoms with Crippen LogP contribution in [-0.4, -0.2) is 37.5 Å². The number of aliphatic carboxylic acids is 1. The highest BCUT2D eigenvalue weighted by molar-refractivity contribution is 7.91. The van der Waals surface area contributed by atoms with E-state index in [9.17, 15) is 18.3 Å². The van der Waals surface area contributed by atoms with Crippen molar-refractivity contribution in [2.24, 2.45) is 11.1 Å². The fraction of sp³-hybridized carbons (Fsp3) is 0.500. The summed E-state index contributed by atoms with van der Waals surface area (Å²) in [5, 5.41) is 8.49. The van der Waals surface area contributed by atoms with Crippen molar-refractivity contribution in [3.8, 4) is 0 Å². The maximum atomic E-state index is 11.9. The summed E-state index contributed by atoms with van der Waals surface area (Å²) in [7, 11) is -3.47. The molecule has 0 bridgehead atoms. The Labute approximate surface area is 118 Å². The number of aryl methyl sites for hydroxylation is 1. The molecule has 1 aliphatic carbocycles. The molecule has 1 fully saturated rings. The molecule has 3 N–H and O–H groups in total. The van der Waals surface area contributed by atoms with E-state index in [0.717, 1.165) is 23.8 Å². The van der Waals surface area contributed by atoms with Crippen LogP contribution in [0.25, 0.3) is 0 Å². The zero-order valence-electron chi connectivity index (χ0n) is 11.5. The van der Waals surface area contributed by atoms with Gasteiger partial charge in [-0.15, -0.1) is 0 Å². The Hall–Kier alpha value is -1.40. The molecule has 110 valence electrons. The second-order valence-corrected chi connectivity index (χ2v) is 7.54. The number of sulfone groups is 1. The van der Waals surface area contributed by atoms with Crippen LogP contribution in [0, 0.1) is 5.41 Å². The molecule has 0 spiro atoms. The van der Waals surface area contributed by atoms with Crippen LogP contribution >= 0.6 is 0 Å². The van der Waals surface area contributed by atoms with Gasteiger partial charge in [0, 0.05) is 18.7 Å². The van der Waals surface area contributed by atoms with Crippen LogP contribution in [0.1, 0.15) is 24.0 Å². The lowest BCUT2D eigenvalue weighted by Crippen LogP contribution is -2.31. The average molecular weight is 297 g/mol. The van der Waals surface area contributed by atoms with E-state index in [1.54, 1.807) is 0 Å². The smallest absolute Gasteiger partial charge is 0.312 e. The van der Waals surface area contributed by atoms with Crippen molar-refractivity contribution in [1.82, 2.24) is 0 Å². The van der Waals surface area contributed by atoms with Crippen LogP contribution < -0.4 is 5.73 Å². The van der Waals surface area contributed by atoms with Crippen LogP contribution in [-0.2, 0) is 21.1 Å². The van der Waals surface area contributed by atoms with Gasteiger partial charge in [0.2, 0.25) is 0 Å². The highest BCUT2D eigenvalue weighted by atomic mass is 32.2. The molecule has 1 aromatic carbocycles. The van der Waals surface area contributed by atoms with Crippen molar-refractivity contribution in [3.63, 3.8) is 0 Å². The van der Waals surface area contributed by atoms with Gasteiger partial charge in [-0.25, -0.2) is 8.42 Å². The predicted molar refractivity (Wildman–Crippen MR) is 76.3 cm³/mol. The van der Waals surface area contributed by atoms with Crippen LogP contribution in [0.2, 0.25) is 0 Å². The quantitative estimate of drug-likeness (QED) is 0.837. The molecule has 5 nitrogen and oxygen atoms in total. The highest BCUT2D eigenvalue weighted by Gasteiger charge is 2.74. The third-order valence-electron chi connectivity index (χ3n) is 4.20. The maximum absolute atomic E-state index is 11.9. The van der Waals surface area contributed by atoms with Gasteiger partial charge >= 0.3 is 5.97 Å². The molecule has 0 aromatic heterocycles. The Morgan fingerprint density at radius 1 is 1.35 bits per heavy atom. The third-order valence-corrected chi connectivity index (χ3v) is 5.82. The van der Waals surface area contributed by atoms with Gasteiger partial charge in [0.15, 0.2) is 9.84 Å². The summed E-state index contributed by atoms with van der Waals surface area (Å²) in [6, 6.07) is 7.41. The zero-order valence-corrected chi connectivity index (χ0v) is 12.4. The fourth-order valence-electron chi connectivity index (χ4n) is 3.05. The number of carboxylic acid groups (broad SMARTS) is 1. The van der Waals surface area contributed by atoms with Crippen LogP contribution in [0.4, 0.5) is 0 Å². The summed E-state index contributed by atoms with van der Waals surface area (Å²) < 4.78 is 23.7. The van der Waals surface area contributed by atoms with E-state index in [1.165, 1.54) is 0 Å². The summed E-state index contributed by atoms with van der Waals surface area (Å²) in [6.45, 7) is 1.84. The number of nitrogens with two attached hydrogens (primary N) is 1. The van der Waals surface area contributed by atoms with Crippen LogP contribution in [0.3, 0.4) is 0 Å². The van der Waals surface area contributed by atoms with E-state index < -0.39 is 32.4 Å². The number of benzene rings is 1. The monoisotopic (exact) mass is 297 g/mol. The average Bonchev–Trinajstić information content (AvgIpc) is 3.09. The van der Waals surface area contributed by atoms with E-state index in [-0.39, 0.29) is 6.54 Å². The zero-order chi connectivity index (χ0) is 15.1. The lowest BCUT2D eigenvalue weighted by atomic mass is 9.98. The summed E-state index contributed by atoms with van der Waals surface area (Å²) in [5.74, 6) is -1.70. The van der Waals surface area contributed by atoms with Gasteiger partial charge in [-0.3, -0.25) is 4.79 Å². The molecule has 1 saturated carbocycles. The highest BCUT2D eigenvalue weighted by Crippen LogP contribution is 2.62. The van der Waals surface area contributed by atoms with E-state index in [1.807, 2.05) is 31.2 Å². The van der Waals surface area contributed by atoms with Crippen molar-refractivity contribution in [2.45, 2.75) is 24.5 Å². The van der Waals surface area contributed by atoms with E-state index >= 15 is 0 Å². The molecule has 3 atom stereocenters. The van der Waals surface area contributed by atoms with E-state index in [4.69, 9.17) is 5.73 Å². The Morgan fingerprint density at radius 2 is 1.90 bits per heavy atom. The first-order valence-corrected chi connectivity index (χ1v) is 8.45. The lowest BCUT2D eigenvalue weighted by Gasteiger charge is -2.09. The molecular formula is C14H19NO4S. The van der Waals surface area contributed by atoms with E-state index in [2.05, 4.69) is 0 Å². The number of rotatable bonds is 5. The van der Waals surface area contributed by atoms with Crippen molar-refractivity contribution >= 4 is 15.8 Å². The van der Waals surface area contributed by atoms with Gasteiger partial charge in [0.05, 0.1) is 5.25 Å². The maximum Gasteiger partial charge on any atom is 0.312 e. The Kier molecular flexibility index (Phi) is 3.64. The number of carboxylic acids is 1. The van der Waals surface area contributed by atoms with E-state index in [0.29, 0.717) is 0 Å². The summed E-state index contributed by atoms with van der Waals surface area (Å²) in [5.41, 5.74) is 6.06. The molecule has 0 amide bonds. The van der Waals surface area contributed by atoms with Gasteiger partial charge in [0.25, 0.3) is 0 Å². The molecule has 0 aliphatic heterocycles. The van der Waals surface area contributed by atoms with Gasteiger partial charge in [-0.05, 0) is 17.5 Å². The molecule has 0 radical (unpaired) electrons. The molecule has 1 aromatic rings. The fourth-order valence-corrected chi connectivity index (χ4v) is 4.98. The number of hydrogen-bond acceptors (Lipinski definition) is 4. The summed E-state index contributed by atoms with van der Waals surface area (Å²) >= 11 is 0. The largest absolute Gasteiger partial charge is 0.481 e. The normalized spacial score (nSPS) is 29.1. The number of hydrogen-bond donors (Lipinski definition) is 2. The first-order chi connectivity index (χ1) is 9.29. The molecule has 20 heavy (non-hydrogen) atoms. The molecule has 0 saturated heterocycles. The topological polar surface area (TPSA) is 97.5 Å². The Bertz CT molecular complexity index is 623. The van der Waals surface area contributed by atoms with Crippen molar-refractivity contribution in [3.05, 3.63) is 35.4 Å². The van der Waals surface area contributed by atoms with Crippen molar-refractivity contribution in [2.75, 3.05) is 12.8 Å². The van der Waals surface area contributed by atoms with Gasteiger partial charge in [-0.2, -0.15) is 0 Å². The van der Waals surface area contributed by atoms with Gasteiger partial charge in [0.1, 0.15) is 5.41 Å². The summed E-state index contributed by atoms with van der Waals surface area (Å²) in [4.78, 5) is 11.5. The molecule has 0 unspecified atom stereocenters. The first kappa shape index (κ1) is 15.0. The third kappa shape index (κ3) is 2.13. The van der Waals surface area contributed by atoms with Crippen LogP contribution in [0.15, 0.2) is 24.3 Å². The first-order valence-electron chi connectivity index (χ1n) is 6.50. The molecule has 1 aliphatic rings. The lowest BCUT2D eigenvalue weighted by molar-refractivity contribution is -0.143. The molecular weight excluding hydrogens is 278 g/mol. The minimum atomic E-state index is -3.47. The van der Waals surface area contributed by atoms with Gasteiger partial charge < -0.3 is 10.8 Å². The minimum Gasteiger partial charge on any atom is -0.481 e. The Balaban J connectivity index is 2.46. The van der Waals surface area contributed by atoms with Crippen molar-refractivity contribution in [1.29, 1.82) is 0 Å². The minimum absolute atomic E-state index is 0.180.